The zero-order chi connectivity index (χ0) is 26.9. The summed E-state index contributed by atoms with van der Waals surface area (Å²) in [5, 5.41) is 14.4. The monoisotopic (exact) mass is 527 g/mol. The number of nitrogens with one attached hydrogen (secondary N) is 1. The Labute approximate surface area is 233 Å². The Balaban J connectivity index is 1.23. The van der Waals surface area contributed by atoms with Gasteiger partial charge in [-0.1, -0.05) is 79.9 Å². The molecule has 1 aliphatic carbocycles. The van der Waals surface area contributed by atoms with Gasteiger partial charge in [-0.15, -0.1) is 0 Å². The zero-order valence-corrected chi connectivity index (χ0v) is 22.5. The Hall–Kier alpha value is -4.49. The van der Waals surface area contributed by atoms with Gasteiger partial charge in [0.05, 0.1) is 17.8 Å². The first kappa shape index (κ1) is 24.5. The summed E-state index contributed by atoms with van der Waals surface area (Å²) in [4.78, 5) is 4.33. The normalized spacial score (nSPS) is 14.3. The molecule has 7 nitrogen and oxygen atoms in total. The highest BCUT2D eigenvalue weighted by atomic mass is 15.3. The van der Waals surface area contributed by atoms with E-state index < -0.39 is 0 Å². The van der Waals surface area contributed by atoms with Crippen LogP contribution in [0, 0.1) is 0 Å². The topological polar surface area (TPSA) is 86.1 Å². The summed E-state index contributed by atoms with van der Waals surface area (Å²) in [5.41, 5.74) is 14.8. The molecule has 0 spiro atoms. The van der Waals surface area contributed by atoms with Crippen LogP contribution >= 0.6 is 0 Å². The minimum Gasteiger partial charge on any atom is -0.382 e. The maximum Gasteiger partial charge on any atom is 0.152 e. The molecule has 0 radical (unpaired) electrons. The van der Waals surface area contributed by atoms with Crippen LogP contribution in [0.3, 0.4) is 0 Å². The molecule has 7 rings (SSSR count). The highest BCUT2D eigenvalue weighted by Crippen LogP contribution is 2.36. The number of aromatic nitrogens is 5. The van der Waals surface area contributed by atoms with Crippen molar-refractivity contribution in [3.63, 3.8) is 0 Å². The highest BCUT2D eigenvalue weighted by Gasteiger charge is 2.18. The molecule has 1 fully saturated rings. The molecule has 0 amide bonds. The minimum absolute atomic E-state index is 0.459. The van der Waals surface area contributed by atoms with Crippen LogP contribution in [0.4, 0.5) is 5.82 Å². The van der Waals surface area contributed by atoms with Crippen molar-refractivity contribution >= 4 is 22.2 Å². The molecule has 200 valence electrons. The number of nitrogens with two attached hydrogens (primary N) is 1. The van der Waals surface area contributed by atoms with Crippen LogP contribution in [0.5, 0.6) is 0 Å². The van der Waals surface area contributed by atoms with Gasteiger partial charge in [-0.2, -0.15) is 10.2 Å². The lowest BCUT2D eigenvalue weighted by molar-refractivity contribution is 0.372. The van der Waals surface area contributed by atoms with Crippen LogP contribution < -0.4 is 11.1 Å². The molecular weight excluding hydrogens is 494 g/mol. The molecule has 3 N–H and O–H groups in total. The minimum atomic E-state index is 0.459. The second-order valence-corrected chi connectivity index (χ2v) is 10.9. The van der Waals surface area contributed by atoms with Gasteiger partial charge in [0, 0.05) is 35.3 Å². The maximum absolute atomic E-state index is 6.45. The summed E-state index contributed by atoms with van der Waals surface area (Å²) in [6.45, 7) is 1.60. The van der Waals surface area contributed by atoms with Crippen LogP contribution in [0.1, 0.15) is 43.2 Å². The fourth-order valence-electron chi connectivity index (χ4n) is 5.99. The molecule has 1 saturated carbocycles. The summed E-state index contributed by atoms with van der Waals surface area (Å²) >= 11 is 0. The van der Waals surface area contributed by atoms with E-state index in [4.69, 9.17) is 10.8 Å². The second-order valence-electron chi connectivity index (χ2n) is 10.9. The molecule has 7 heteroatoms. The van der Waals surface area contributed by atoms with E-state index in [9.17, 15) is 0 Å². The SMILES string of the molecule is Nc1ncnn2c(-c3cccc(CNC4CCCCC4)c3)cc(-c3ccc4cn(Cc5ccccc5)nc4c3)c12. The van der Waals surface area contributed by atoms with Gasteiger partial charge in [0.1, 0.15) is 11.8 Å². The van der Waals surface area contributed by atoms with Crippen LogP contribution in [0.2, 0.25) is 0 Å². The number of rotatable bonds is 7. The lowest BCUT2D eigenvalue weighted by Gasteiger charge is -2.23. The van der Waals surface area contributed by atoms with Gasteiger partial charge in [0.25, 0.3) is 0 Å². The smallest absolute Gasteiger partial charge is 0.152 e. The largest absolute Gasteiger partial charge is 0.382 e. The molecule has 3 aromatic heterocycles. The number of hydrogen-bond donors (Lipinski definition) is 2. The molecule has 3 heterocycles. The van der Waals surface area contributed by atoms with Gasteiger partial charge in [-0.05, 0) is 47.7 Å². The van der Waals surface area contributed by atoms with Crippen molar-refractivity contribution in [2.75, 3.05) is 5.73 Å². The third-order valence-electron chi connectivity index (χ3n) is 8.06. The van der Waals surface area contributed by atoms with Gasteiger partial charge in [-0.25, -0.2) is 9.50 Å². The van der Waals surface area contributed by atoms with Gasteiger partial charge >= 0.3 is 0 Å². The third-order valence-corrected chi connectivity index (χ3v) is 8.06. The Morgan fingerprint density at radius 1 is 0.850 bits per heavy atom. The molecule has 0 aliphatic heterocycles. The van der Waals surface area contributed by atoms with Crippen molar-refractivity contribution < 1.29 is 0 Å². The molecule has 3 aromatic carbocycles. The molecule has 0 bridgehead atoms. The Kier molecular flexibility index (Phi) is 6.49. The molecule has 40 heavy (non-hydrogen) atoms. The number of hydrogen-bond acceptors (Lipinski definition) is 5. The molecule has 6 aromatic rings. The van der Waals surface area contributed by atoms with Gasteiger partial charge < -0.3 is 11.1 Å². The summed E-state index contributed by atoms with van der Waals surface area (Å²) in [6, 6.07) is 28.3. The van der Waals surface area contributed by atoms with Crippen molar-refractivity contribution in [1.82, 2.24) is 29.7 Å². The van der Waals surface area contributed by atoms with E-state index in [0.717, 1.165) is 51.9 Å². The maximum atomic E-state index is 6.45. The standard InChI is InChI=1S/C33H33N7/c34-33-32-29(25-14-15-27-21-39(38-30(27)17-25)20-23-8-3-1-4-9-23)18-31(40(32)37-22-36-33)26-11-7-10-24(16-26)19-35-28-12-5-2-6-13-28/h1,3-4,7-11,14-18,21-22,28,35H,2,5-6,12-13,19-20H2,(H2,34,36,37). The van der Waals surface area contributed by atoms with Gasteiger partial charge in [-0.3, -0.25) is 4.68 Å². The molecule has 0 unspecified atom stereocenters. The van der Waals surface area contributed by atoms with E-state index in [2.05, 4.69) is 94.4 Å². The summed E-state index contributed by atoms with van der Waals surface area (Å²) in [7, 11) is 0. The molecule has 1 aliphatic rings. The van der Waals surface area contributed by atoms with E-state index in [0.29, 0.717) is 11.9 Å². The second kappa shape index (κ2) is 10.6. The number of nitrogens with zero attached hydrogens (tertiary/aromatic N) is 5. The summed E-state index contributed by atoms with van der Waals surface area (Å²) < 4.78 is 3.92. The average molecular weight is 528 g/mol. The van der Waals surface area contributed by atoms with Crippen molar-refractivity contribution in [2.24, 2.45) is 0 Å². The first-order valence-electron chi connectivity index (χ1n) is 14.2. The third kappa shape index (κ3) is 4.84. The van der Waals surface area contributed by atoms with Crippen molar-refractivity contribution in [3.05, 3.63) is 103 Å². The van der Waals surface area contributed by atoms with E-state index >= 15 is 0 Å². The van der Waals surface area contributed by atoms with Crippen molar-refractivity contribution in [2.45, 2.75) is 51.2 Å². The van der Waals surface area contributed by atoms with Crippen molar-refractivity contribution in [1.29, 1.82) is 0 Å². The lowest BCUT2D eigenvalue weighted by atomic mass is 9.95. The highest BCUT2D eigenvalue weighted by molar-refractivity contribution is 5.95. The number of nitrogen functional groups attached to an aromatic ring is 1. The van der Waals surface area contributed by atoms with Crippen LogP contribution in [0.15, 0.2) is 91.4 Å². The predicted octanol–water partition coefficient (Wildman–Crippen LogP) is 6.47. The van der Waals surface area contributed by atoms with Crippen LogP contribution in [0.25, 0.3) is 38.8 Å². The van der Waals surface area contributed by atoms with Crippen LogP contribution in [-0.4, -0.2) is 30.4 Å². The van der Waals surface area contributed by atoms with Gasteiger partial charge in [0.15, 0.2) is 5.82 Å². The molecule has 0 atom stereocenters. The van der Waals surface area contributed by atoms with E-state index in [1.54, 1.807) is 0 Å². The number of benzene rings is 3. The fraction of sp³-hybridized carbons (Fsp3) is 0.242. The quantitative estimate of drug-likeness (QED) is 0.249. The lowest BCUT2D eigenvalue weighted by Crippen LogP contribution is -2.30. The Morgan fingerprint density at radius 3 is 2.58 bits per heavy atom. The number of anilines is 1. The van der Waals surface area contributed by atoms with E-state index in [1.807, 2.05) is 15.3 Å². The zero-order valence-electron chi connectivity index (χ0n) is 22.5. The summed E-state index contributed by atoms with van der Waals surface area (Å²) in [5.74, 6) is 0.459. The molecule has 0 saturated heterocycles. The molecular formula is C33H33N7. The van der Waals surface area contributed by atoms with Gasteiger partial charge in [0.2, 0.25) is 0 Å². The first-order valence-corrected chi connectivity index (χ1v) is 14.2. The average Bonchev–Trinajstić information content (AvgIpc) is 3.59. The Morgan fingerprint density at radius 2 is 1.70 bits per heavy atom. The van der Waals surface area contributed by atoms with E-state index in [-0.39, 0.29) is 0 Å². The van der Waals surface area contributed by atoms with Crippen molar-refractivity contribution in [3.8, 4) is 22.4 Å². The van der Waals surface area contributed by atoms with Crippen LogP contribution in [-0.2, 0) is 13.1 Å². The van der Waals surface area contributed by atoms with E-state index in [1.165, 1.54) is 49.6 Å². The fourth-order valence-corrected chi connectivity index (χ4v) is 5.99. The summed E-state index contributed by atoms with van der Waals surface area (Å²) in [6.07, 6.45) is 10.2. The predicted molar refractivity (Wildman–Crippen MR) is 161 cm³/mol. The Bertz CT molecular complexity index is 1780. The first-order chi connectivity index (χ1) is 19.7. The number of fused-ring (bicyclic) bond motifs is 2.